The molecule has 100 valence electrons. The maximum absolute atomic E-state index is 12.9. The van der Waals surface area contributed by atoms with Gasteiger partial charge in [-0.15, -0.1) is 0 Å². The summed E-state index contributed by atoms with van der Waals surface area (Å²) in [5, 5.41) is 2.77. The second kappa shape index (κ2) is 6.58. The van der Waals surface area contributed by atoms with E-state index in [1.807, 2.05) is 12.3 Å². The topological polar surface area (TPSA) is 54.1 Å². The predicted octanol–water partition coefficient (Wildman–Crippen LogP) is 2.24. The van der Waals surface area contributed by atoms with Crippen LogP contribution in [0.15, 0.2) is 42.7 Å². The third-order valence-electron chi connectivity index (χ3n) is 2.55. The summed E-state index contributed by atoms with van der Waals surface area (Å²) in [6.45, 7) is 0.713. The molecule has 0 spiro atoms. The Morgan fingerprint density at radius 1 is 1.37 bits per heavy atom. The fourth-order valence-electron chi connectivity index (χ4n) is 1.58. The molecule has 0 radical (unpaired) electrons. The zero-order valence-electron chi connectivity index (χ0n) is 10.4. The van der Waals surface area contributed by atoms with E-state index in [4.69, 9.17) is 4.74 Å². The van der Waals surface area contributed by atoms with Crippen molar-refractivity contribution in [3.05, 3.63) is 54.1 Å². The number of benzene rings is 1. The van der Waals surface area contributed by atoms with Gasteiger partial charge >= 0.3 is 0 Å². The maximum atomic E-state index is 12.9. The van der Waals surface area contributed by atoms with Crippen molar-refractivity contribution in [3.63, 3.8) is 0 Å². The van der Waals surface area contributed by atoms with Crippen molar-refractivity contribution in [2.45, 2.75) is 13.0 Å². The zero-order chi connectivity index (χ0) is 13.5. The first kappa shape index (κ1) is 13.1. The number of nitrogens with one attached hydrogen (secondary N) is 2. The third kappa shape index (κ3) is 4.46. The molecule has 4 nitrogen and oxygen atoms in total. The number of aromatic amines is 1. The van der Waals surface area contributed by atoms with Gasteiger partial charge in [0.25, 0.3) is 0 Å². The lowest BCUT2D eigenvalue weighted by Gasteiger charge is -2.06. The van der Waals surface area contributed by atoms with Crippen molar-refractivity contribution in [2.24, 2.45) is 0 Å². The molecular formula is C14H15FN2O2. The summed E-state index contributed by atoms with van der Waals surface area (Å²) in [5.41, 5.74) is 1.01. The average Bonchev–Trinajstić information content (AvgIpc) is 2.89. The monoisotopic (exact) mass is 262 g/mol. The SMILES string of the molecule is O=C(CCOc1cccc(F)c1)NCc1cc[nH]c1. The van der Waals surface area contributed by atoms with Crippen LogP contribution in [-0.2, 0) is 11.3 Å². The quantitative estimate of drug-likeness (QED) is 0.838. The van der Waals surface area contributed by atoms with Crippen LogP contribution in [0.25, 0.3) is 0 Å². The maximum Gasteiger partial charge on any atom is 0.223 e. The van der Waals surface area contributed by atoms with E-state index >= 15 is 0 Å². The molecule has 1 amide bonds. The normalized spacial score (nSPS) is 10.2. The molecule has 0 bridgehead atoms. The molecule has 1 aromatic heterocycles. The molecule has 0 unspecified atom stereocenters. The van der Waals surface area contributed by atoms with Gasteiger partial charge < -0.3 is 15.0 Å². The molecule has 19 heavy (non-hydrogen) atoms. The molecule has 0 atom stereocenters. The summed E-state index contributed by atoms with van der Waals surface area (Å²) in [5.74, 6) is -0.0227. The minimum absolute atomic E-state index is 0.0994. The van der Waals surface area contributed by atoms with Gasteiger partial charge in [0.1, 0.15) is 11.6 Å². The highest BCUT2D eigenvalue weighted by Gasteiger charge is 2.03. The Hall–Kier alpha value is -2.30. The Morgan fingerprint density at radius 2 is 2.26 bits per heavy atom. The second-order valence-corrected chi connectivity index (χ2v) is 4.05. The van der Waals surface area contributed by atoms with Gasteiger partial charge in [-0.2, -0.15) is 0 Å². The van der Waals surface area contributed by atoms with Gasteiger partial charge in [0.15, 0.2) is 0 Å². The number of aromatic nitrogens is 1. The van der Waals surface area contributed by atoms with Crippen molar-refractivity contribution >= 4 is 5.91 Å². The minimum atomic E-state index is -0.352. The van der Waals surface area contributed by atoms with Gasteiger partial charge in [-0.1, -0.05) is 6.07 Å². The van der Waals surface area contributed by atoms with Gasteiger partial charge in [0.2, 0.25) is 5.91 Å². The summed E-state index contributed by atoms with van der Waals surface area (Å²) in [4.78, 5) is 14.4. The van der Waals surface area contributed by atoms with Crippen LogP contribution in [0.2, 0.25) is 0 Å². The van der Waals surface area contributed by atoms with E-state index in [2.05, 4.69) is 10.3 Å². The van der Waals surface area contributed by atoms with Crippen LogP contribution < -0.4 is 10.1 Å². The van der Waals surface area contributed by atoms with Crippen LogP contribution in [0, 0.1) is 5.82 Å². The standard InChI is InChI=1S/C14H15FN2O2/c15-12-2-1-3-13(8-12)19-7-5-14(18)17-10-11-4-6-16-9-11/h1-4,6,8-9,16H,5,7,10H2,(H,17,18). The van der Waals surface area contributed by atoms with Crippen molar-refractivity contribution in [1.29, 1.82) is 0 Å². The highest BCUT2D eigenvalue weighted by molar-refractivity contribution is 5.75. The summed E-state index contributed by atoms with van der Waals surface area (Å²) in [6.07, 6.45) is 3.86. The molecule has 2 N–H and O–H groups in total. The van der Waals surface area contributed by atoms with Gasteiger partial charge in [0, 0.05) is 25.0 Å². The Balaban J connectivity index is 1.66. The van der Waals surface area contributed by atoms with Gasteiger partial charge in [-0.05, 0) is 23.8 Å². The van der Waals surface area contributed by atoms with E-state index in [0.29, 0.717) is 12.3 Å². The molecule has 5 heteroatoms. The van der Waals surface area contributed by atoms with Crippen molar-refractivity contribution < 1.29 is 13.9 Å². The molecule has 0 saturated carbocycles. The number of H-pyrrole nitrogens is 1. The first-order valence-corrected chi connectivity index (χ1v) is 6.01. The van der Waals surface area contributed by atoms with Crippen molar-refractivity contribution in [3.8, 4) is 5.75 Å². The van der Waals surface area contributed by atoms with Gasteiger partial charge in [-0.3, -0.25) is 4.79 Å². The Bertz CT molecular complexity index is 526. The molecule has 0 fully saturated rings. The van der Waals surface area contributed by atoms with E-state index < -0.39 is 0 Å². The Labute approximate surface area is 110 Å². The zero-order valence-corrected chi connectivity index (χ0v) is 10.4. The van der Waals surface area contributed by atoms with Crippen LogP contribution in [0.1, 0.15) is 12.0 Å². The average molecular weight is 262 g/mol. The van der Waals surface area contributed by atoms with Crippen LogP contribution in [0.3, 0.4) is 0 Å². The lowest BCUT2D eigenvalue weighted by atomic mass is 10.3. The number of halogens is 1. The number of rotatable bonds is 6. The lowest BCUT2D eigenvalue weighted by molar-refractivity contribution is -0.121. The predicted molar refractivity (Wildman–Crippen MR) is 69.2 cm³/mol. The first-order chi connectivity index (χ1) is 9.24. The van der Waals surface area contributed by atoms with Gasteiger partial charge in [-0.25, -0.2) is 4.39 Å². The van der Waals surface area contributed by atoms with Crippen molar-refractivity contribution in [2.75, 3.05) is 6.61 Å². The lowest BCUT2D eigenvalue weighted by Crippen LogP contribution is -2.24. The molecule has 2 aromatic rings. The number of hydrogen-bond donors (Lipinski definition) is 2. The fraction of sp³-hybridized carbons (Fsp3) is 0.214. The van der Waals surface area contributed by atoms with Crippen LogP contribution in [0.4, 0.5) is 4.39 Å². The molecule has 0 aliphatic heterocycles. The van der Waals surface area contributed by atoms with Crippen LogP contribution in [0.5, 0.6) is 5.75 Å². The molecule has 1 heterocycles. The van der Waals surface area contributed by atoms with E-state index in [0.717, 1.165) is 5.56 Å². The van der Waals surface area contributed by atoms with E-state index in [-0.39, 0.29) is 24.8 Å². The minimum Gasteiger partial charge on any atom is -0.493 e. The van der Waals surface area contributed by atoms with E-state index in [1.54, 1.807) is 18.3 Å². The number of carbonyl (C=O) groups is 1. The molecule has 2 rings (SSSR count). The Kier molecular flexibility index (Phi) is 4.55. The first-order valence-electron chi connectivity index (χ1n) is 6.01. The van der Waals surface area contributed by atoms with Gasteiger partial charge in [0.05, 0.1) is 13.0 Å². The number of ether oxygens (including phenoxy) is 1. The summed E-state index contributed by atoms with van der Waals surface area (Å²) >= 11 is 0. The van der Waals surface area contributed by atoms with Crippen molar-refractivity contribution in [1.82, 2.24) is 10.3 Å². The number of carbonyl (C=O) groups excluding carboxylic acids is 1. The highest BCUT2D eigenvalue weighted by Crippen LogP contribution is 2.11. The molecule has 0 aliphatic carbocycles. The Morgan fingerprint density at radius 3 is 3.00 bits per heavy atom. The molecule has 0 saturated heterocycles. The molecular weight excluding hydrogens is 247 g/mol. The summed E-state index contributed by atoms with van der Waals surface area (Å²) in [6, 6.07) is 7.75. The van der Waals surface area contributed by atoms with Crippen LogP contribution in [-0.4, -0.2) is 17.5 Å². The fourth-order valence-corrected chi connectivity index (χ4v) is 1.58. The molecule has 0 aliphatic rings. The second-order valence-electron chi connectivity index (χ2n) is 4.05. The highest BCUT2D eigenvalue weighted by atomic mass is 19.1. The number of amides is 1. The third-order valence-corrected chi connectivity index (χ3v) is 2.55. The van der Waals surface area contributed by atoms with E-state index in [9.17, 15) is 9.18 Å². The summed E-state index contributed by atoms with van der Waals surface area (Å²) in [7, 11) is 0. The van der Waals surface area contributed by atoms with Crippen LogP contribution >= 0.6 is 0 Å². The largest absolute Gasteiger partial charge is 0.493 e. The number of hydrogen-bond acceptors (Lipinski definition) is 2. The van der Waals surface area contributed by atoms with E-state index in [1.165, 1.54) is 12.1 Å². The summed E-state index contributed by atoms with van der Waals surface area (Å²) < 4.78 is 18.2. The molecule has 1 aromatic carbocycles. The smallest absolute Gasteiger partial charge is 0.223 e.